The number of rotatable bonds is 5. The van der Waals surface area contributed by atoms with Gasteiger partial charge in [0.1, 0.15) is 6.61 Å². The van der Waals surface area contributed by atoms with E-state index in [0.717, 1.165) is 31.2 Å². The highest BCUT2D eigenvalue weighted by Gasteiger charge is 2.30. The van der Waals surface area contributed by atoms with Gasteiger partial charge in [0.05, 0.1) is 12.7 Å². The molecule has 1 fully saturated rings. The Morgan fingerprint density at radius 1 is 1.25 bits per heavy atom. The quantitative estimate of drug-likeness (QED) is 0.870. The average Bonchev–Trinajstić information content (AvgIpc) is 2.45. The molecule has 112 valence electrons. The van der Waals surface area contributed by atoms with Crippen molar-refractivity contribution in [2.45, 2.75) is 50.7 Å². The first-order valence-electron chi connectivity index (χ1n) is 7.33. The van der Waals surface area contributed by atoms with Crippen LogP contribution in [0.5, 0.6) is 11.5 Å². The van der Waals surface area contributed by atoms with Crippen molar-refractivity contribution in [2.75, 3.05) is 13.7 Å². The van der Waals surface area contributed by atoms with E-state index in [1.807, 2.05) is 25.1 Å². The molecule has 3 N–H and O–H groups in total. The molecule has 0 aliphatic heterocycles. The zero-order valence-electron chi connectivity index (χ0n) is 12.4. The predicted molar refractivity (Wildman–Crippen MR) is 79.1 cm³/mol. The summed E-state index contributed by atoms with van der Waals surface area (Å²) in [4.78, 5) is 0. The van der Waals surface area contributed by atoms with Gasteiger partial charge in [0.25, 0.3) is 0 Å². The Labute approximate surface area is 120 Å². The lowest BCUT2D eigenvalue weighted by molar-refractivity contribution is -0.0343. The first-order chi connectivity index (χ1) is 9.54. The minimum atomic E-state index is -0.691. The van der Waals surface area contributed by atoms with Crippen molar-refractivity contribution in [3.05, 3.63) is 23.8 Å². The molecule has 1 aliphatic carbocycles. The maximum Gasteiger partial charge on any atom is 0.161 e. The summed E-state index contributed by atoms with van der Waals surface area (Å²) in [7, 11) is 1.61. The first-order valence-corrected chi connectivity index (χ1v) is 7.33. The number of hydrogen-bond donors (Lipinski definition) is 2. The van der Waals surface area contributed by atoms with Gasteiger partial charge in [-0.3, -0.25) is 0 Å². The Bertz CT molecular complexity index is 439. The maximum atomic E-state index is 10.5. The van der Waals surface area contributed by atoms with E-state index in [0.29, 0.717) is 18.1 Å². The fourth-order valence-electron chi connectivity index (χ4n) is 2.65. The van der Waals surface area contributed by atoms with Crippen molar-refractivity contribution >= 4 is 0 Å². The van der Waals surface area contributed by atoms with Crippen LogP contribution in [0.1, 0.15) is 50.6 Å². The highest BCUT2D eigenvalue weighted by molar-refractivity contribution is 5.43. The molecule has 4 nitrogen and oxygen atoms in total. The Hall–Kier alpha value is -1.26. The molecule has 1 aromatic carbocycles. The van der Waals surface area contributed by atoms with Gasteiger partial charge in [-0.1, -0.05) is 25.3 Å². The monoisotopic (exact) mass is 279 g/mol. The van der Waals surface area contributed by atoms with E-state index in [1.54, 1.807) is 7.11 Å². The Kier molecular flexibility index (Phi) is 4.89. The van der Waals surface area contributed by atoms with Gasteiger partial charge >= 0.3 is 0 Å². The molecule has 0 amide bonds. The normalized spacial score (nSPS) is 19.4. The van der Waals surface area contributed by atoms with Gasteiger partial charge in [0.2, 0.25) is 0 Å². The van der Waals surface area contributed by atoms with Gasteiger partial charge in [-0.15, -0.1) is 0 Å². The summed E-state index contributed by atoms with van der Waals surface area (Å²) in [6, 6.07) is 5.66. The zero-order chi connectivity index (χ0) is 14.6. The predicted octanol–water partition coefficient (Wildman–Crippen LogP) is 2.79. The van der Waals surface area contributed by atoms with Crippen LogP contribution < -0.4 is 15.2 Å². The first kappa shape index (κ1) is 15.1. The second kappa shape index (κ2) is 6.46. The molecule has 0 bridgehead atoms. The van der Waals surface area contributed by atoms with Crippen molar-refractivity contribution in [1.82, 2.24) is 0 Å². The molecule has 4 heteroatoms. The van der Waals surface area contributed by atoms with Crippen LogP contribution in [0.4, 0.5) is 0 Å². The van der Waals surface area contributed by atoms with Gasteiger partial charge in [-0.2, -0.15) is 0 Å². The lowest BCUT2D eigenvalue weighted by atomic mass is 9.85. The molecule has 0 radical (unpaired) electrons. The second-order valence-electron chi connectivity index (χ2n) is 5.77. The van der Waals surface area contributed by atoms with Crippen molar-refractivity contribution in [1.29, 1.82) is 0 Å². The standard InChI is InChI=1S/C16H25NO3/c1-12(17)13-6-7-14(15(10-13)19-2)20-11-16(18)8-4-3-5-9-16/h6-7,10,12,18H,3-5,8-9,11,17H2,1-2H3/t12-/m1/s1. The number of hydrogen-bond acceptors (Lipinski definition) is 4. The SMILES string of the molecule is COc1cc([C@@H](C)N)ccc1OCC1(O)CCCCC1. The molecule has 0 saturated heterocycles. The van der Waals surface area contributed by atoms with Crippen molar-refractivity contribution < 1.29 is 14.6 Å². The average molecular weight is 279 g/mol. The topological polar surface area (TPSA) is 64.7 Å². The van der Waals surface area contributed by atoms with Crippen LogP contribution in [-0.2, 0) is 0 Å². The fourth-order valence-corrected chi connectivity index (χ4v) is 2.65. The third-order valence-electron chi connectivity index (χ3n) is 3.99. The summed E-state index contributed by atoms with van der Waals surface area (Å²) in [6.07, 6.45) is 4.97. The van der Waals surface area contributed by atoms with E-state index < -0.39 is 5.60 Å². The summed E-state index contributed by atoms with van der Waals surface area (Å²) in [6.45, 7) is 2.25. The highest BCUT2D eigenvalue weighted by atomic mass is 16.5. The van der Waals surface area contributed by atoms with Crippen LogP contribution >= 0.6 is 0 Å². The van der Waals surface area contributed by atoms with E-state index >= 15 is 0 Å². The Morgan fingerprint density at radius 3 is 2.55 bits per heavy atom. The van der Waals surface area contributed by atoms with Crippen LogP contribution in [0.2, 0.25) is 0 Å². The molecule has 1 atom stereocenters. The largest absolute Gasteiger partial charge is 0.493 e. The van der Waals surface area contributed by atoms with Crippen LogP contribution in [-0.4, -0.2) is 24.4 Å². The molecule has 2 rings (SSSR count). The number of benzene rings is 1. The molecule has 0 unspecified atom stereocenters. The molecule has 1 aliphatic rings. The van der Waals surface area contributed by atoms with Crippen LogP contribution in [0.3, 0.4) is 0 Å². The fraction of sp³-hybridized carbons (Fsp3) is 0.625. The molecule has 0 heterocycles. The minimum absolute atomic E-state index is 0.0412. The third-order valence-corrected chi connectivity index (χ3v) is 3.99. The van der Waals surface area contributed by atoms with Gasteiger partial charge < -0.3 is 20.3 Å². The lowest BCUT2D eigenvalue weighted by Crippen LogP contribution is -2.37. The molecular formula is C16H25NO3. The summed E-state index contributed by atoms with van der Waals surface area (Å²) in [5.74, 6) is 1.33. The van der Waals surface area contributed by atoms with Crippen LogP contribution in [0.25, 0.3) is 0 Å². The maximum absolute atomic E-state index is 10.5. The van der Waals surface area contributed by atoms with Gasteiger partial charge in [0.15, 0.2) is 11.5 Å². The van der Waals surface area contributed by atoms with E-state index in [2.05, 4.69) is 0 Å². The van der Waals surface area contributed by atoms with Crippen LogP contribution in [0.15, 0.2) is 18.2 Å². The van der Waals surface area contributed by atoms with Gasteiger partial charge in [-0.05, 0) is 37.5 Å². The van der Waals surface area contributed by atoms with Crippen LogP contribution in [0, 0.1) is 0 Å². The van der Waals surface area contributed by atoms with Crippen molar-refractivity contribution in [2.24, 2.45) is 5.73 Å². The molecule has 0 aromatic heterocycles. The van der Waals surface area contributed by atoms with E-state index in [1.165, 1.54) is 6.42 Å². The summed E-state index contributed by atoms with van der Waals surface area (Å²) < 4.78 is 11.1. The second-order valence-corrected chi connectivity index (χ2v) is 5.77. The van der Waals surface area contributed by atoms with Gasteiger partial charge in [0, 0.05) is 6.04 Å². The lowest BCUT2D eigenvalue weighted by Gasteiger charge is -2.31. The third kappa shape index (κ3) is 3.64. The molecule has 1 aromatic rings. The molecule has 0 spiro atoms. The number of aliphatic hydroxyl groups is 1. The smallest absolute Gasteiger partial charge is 0.161 e. The Morgan fingerprint density at radius 2 is 1.95 bits per heavy atom. The highest BCUT2D eigenvalue weighted by Crippen LogP contribution is 2.33. The molecule has 20 heavy (non-hydrogen) atoms. The molecular weight excluding hydrogens is 254 g/mol. The van der Waals surface area contributed by atoms with E-state index in [9.17, 15) is 5.11 Å². The summed E-state index contributed by atoms with van der Waals surface area (Å²) in [5.41, 5.74) is 6.18. The summed E-state index contributed by atoms with van der Waals surface area (Å²) >= 11 is 0. The van der Waals surface area contributed by atoms with E-state index in [4.69, 9.17) is 15.2 Å². The van der Waals surface area contributed by atoms with Crippen molar-refractivity contribution in [3.63, 3.8) is 0 Å². The molecule has 1 saturated carbocycles. The van der Waals surface area contributed by atoms with Gasteiger partial charge in [-0.25, -0.2) is 0 Å². The van der Waals surface area contributed by atoms with Crippen molar-refractivity contribution in [3.8, 4) is 11.5 Å². The summed E-state index contributed by atoms with van der Waals surface area (Å²) in [5, 5.41) is 10.5. The Balaban J connectivity index is 2.05. The van der Waals surface area contributed by atoms with E-state index in [-0.39, 0.29) is 6.04 Å². The number of nitrogens with two attached hydrogens (primary N) is 1. The zero-order valence-corrected chi connectivity index (χ0v) is 12.4. The minimum Gasteiger partial charge on any atom is -0.493 e. The number of methoxy groups -OCH3 is 1. The number of ether oxygens (including phenoxy) is 2.